The van der Waals surface area contributed by atoms with E-state index in [4.69, 9.17) is 11.6 Å². The zero-order valence-corrected chi connectivity index (χ0v) is 13.2. The first-order chi connectivity index (χ1) is 9.37. The molecule has 2 atom stereocenters. The molecule has 0 amide bonds. The second-order valence-electron chi connectivity index (χ2n) is 6.41. The Hall–Kier alpha value is -0.580. The fourth-order valence-electron chi connectivity index (χ4n) is 3.07. The van der Waals surface area contributed by atoms with Crippen LogP contribution in [0.4, 0.5) is 0 Å². The fraction of sp³-hybridized carbons (Fsp3) is 0.600. The molecule has 3 rings (SSSR count). The standard InChI is InChI=1S/C15H20ClNO2S/c1-15(8-9-20(18,19)10-15)17-14(11-2-3-11)12-4-6-13(16)7-5-12/h4-7,11,14,17H,2-3,8-10H2,1H3. The lowest BCUT2D eigenvalue weighted by Crippen LogP contribution is -2.46. The molecular formula is C15H20ClNO2S. The first-order valence-electron chi connectivity index (χ1n) is 7.11. The van der Waals surface area contributed by atoms with E-state index >= 15 is 0 Å². The predicted molar refractivity (Wildman–Crippen MR) is 81.7 cm³/mol. The third-order valence-electron chi connectivity index (χ3n) is 4.33. The van der Waals surface area contributed by atoms with Crippen LogP contribution in [0.2, 0.25) is 5.02 Å². The second kappa shape index (κ2) is 5.00. The van der Waals surface area contributed by atoms with E-state index in [2.05, 4.69) is 5.32 Å². The SMILES string of the molecule is CC1(NC(c2ccc(Cl)cc2)C2CC2)CCS(=O)(=O)C1. The monoisotopic (exact) mass is 313 g/mol. The minimum Gasteiger partial charge on any atom is -0.303 e. The minimum atomic E-state index is -2.88. The highest BCUT2D eigenvalue weighted by molar-refractivity contribution is 7.91. The van der Waals surface area contributed by atoms with Gasteiger partial charge in [0.05, 0.1) is 11.5 Å². The number of nitrogens with one attached hydrogen (secondary N) is 1. The van der Waals surface area contributed by atoms with Crippen molar-refractivity contribution in [1.29, 1.82) is 0 Å². The van der Waals surface area contributed by atoms with Gasteiger partial charge in [0.25, 0.3) is 0 Å². The molecule has 1 aromatic carbocycles. The summed E-state index contributed by atoms with van der Waals surface area (Å²) < 4.78 is 23.5. The molecule has 1 aliphatic carbocycles. The van der Waals surface area contributed by atoms with E-state index in [1.807, 2.05) is 31.2 Å². The molecule has 0 bridgehead atoms. The average Bonchev–Trinajstić information content (AvgIpc) is 3.15. The first-order valence-corrected chi connectivity index (χ1v) is 9.30. The van der Waals surface area contributed by atoms with Crippen LogP contribution in [0.1, 0.15) is 37.8 Å². The van der Waals surface area contributed by atoms with E-state index in [9.17, 15) is 8.42 Å². The molecule has 3 nitrogen and oxygen atoms in total. The molecule has 2 aliphatic rings. The van der Waals surface area contributed by atoms with Gasteiger partial charge in [-0.3, -0.25) is 0 Å². The van der Waals surface area contributed by atoms with Crippen LogP contribution in [0.25, 0.3) is 0 Å². The number of sulfone groups is 1. The topological polar surface area (TPSA) is 46.2 Å². The summed E-state index contributed by atoms with van der Waals surface area (Å²) in [5.74, 6) is 1.17. The fourth-order valence-corrected chi connectivity index (χ4v) is 5.30. The molecule has 1 saturated heterocycles. The smallest absolute Gasteiger partial charge is 0.152 e. The molecule has 5 heteroatoms. The Kier molecular flexibility index (Phi) is 3.59. The van der Waals surface area contributed by atoms with Gasteiger partial charge in [0.1, 0.15) is 0 Å². The first kappa shape index (κ1) is 14.4. The molecule has 1 aromatic rings. The van der Waals surface area contributed by atoms with Gasteiger partial charge in [0.2, 0.25) is 0 Å². The van der Waals surface area contributed by atoms with Crippen LogP contribution in [0.3, 0.4) is 0 Å². The third kappa shape index (κ3) is 3.18. The largest absolute Gasteiger partial charge is 0.303 e. The maximum atomic E-state index is 11.7. The van der Waals surface area contributed by atoms with Gasteiger partial charge < -0.3 is 5.32 Å². The lowest BCUT2D eigenvalue weighted by molar-refractivity contribution is 0.322. The molecule has 0 spiro atoms. The predicted octanol–water partition coefficient (Wildman–Crippen LogP) is 2.96. The molecule has 1 saturated carbocycles. The Bertz CT molecular complexity index is 595. The van der Waals surface area contributed by atoms with Crippen molar-refractivity contribution in [2.45, 2.75) is 37.8 Å². The van der Waals surface area contributed by atoms with Gasteiger partial charge in [-0.1, -0.05) is 23.7 Å². The molecule has 0 radical (unpaired) electrons. The van der Waals surface area contributed by atoms with Crippen molar-refractivity contribution in [2.24, 2.45) is 5.92 Å². The van der Waals surface area contributed by atoms with E-state index in [0.717, 1.165) is 5.02 Å². The molecule has 20 heavy (non-hydrogen) atoms. The lowest BCUT2D eigenvalue weighted by atomic mass is 9.95. The average molecular weight is 314 g/mol. The number of hydrogen-bond acceptors (Lipinski definition) is 3. The van der Waals surface area contributed by atoms with Gasteiger partial charge in [0, 0.05) is 16.6 Å². The number of hydrogen-bond donors (Lipinski definition) is 1. The lowest BCUT2D eigenvalue weighted by Gasteiger charge is -2.31. The van der Waals surface area contributed by atoms with Crippen LogP contribution in [0.15, 0.2) is 24.3 Å². The zero-order chi connectivity index (χ0) is 14.4. The highest BCUT2D eigenvalue weighted by atomic mass is 35.5. The molecule has 2 fully saturated rings. The summed E-state index contributed by atoms with van der Waals surface area (Å²) in [6.45, 7) is 2.03. The van der Waals surface area contributed by atoms with E-state index < -0.39 is 9.84 Å². The molecule has 0 aromatic heterocycles. The summed E-state index contributed by atoms with van der Waals surface area (Å²) in [5, 5.41) is 4.36. The van der Waals surface area contributed by atoms with Crippen LogP contribution in [-0.4, -0.2) is 25.5 Å². The highest BCUT2D eigenvalue weighted by Gasteiger charge is 2.43. The number of benzene rings is 1. The molecule has 1 heterocycles. The van der Waals surface area contributed by atoms with Gasteiger partial charge in [-0.25, -0.2) is 8.42 Å². The highest BCUT2D eigenvalue weighted by Crippen LogP contribution is 2.43. The van der Waals surface area contributed by atoms with Crippen LogP contribution < -0.4 is 5.32 Å². The van der Waals surface area contributed by atoms with Crippen LogP contribution in [-0.2, 0) is 9.84 Å². The molecule has 1 N–H and O–H groups in total. The van der Waals surface area contributed by atoms with Crippen LogP contribution >= 0.6 is 11.6 Å². The maximum absolute atomic E-state index is 11.7. The summed E-state index contributed by atoms with van der Waals surface area (Å²) in [6.07, 6.45) is 3.12. The number of halogens is 1. The number of rotatable bonds is 4. The van der Waals surface area contributed by atoms with E-state index in [1.54, 1.807) is 0 Å². The van der Waals surface area contributed by atoms with E-state index in [-0.39, 0.29) is 17.3 Å². The normalized spacial score (nSPS) is 30.3. The van der Waals surface area contributed by atoms with Crippen LogP contribution in [0, 0.1) is 5.92 Å². The summed E-state index contributed by atoms with van der Waals surface area (Å²) in [4.78, 5) is 0. The summed E-state index contributed by atoms with van der Waals surface area (Å²) >= 11 is 5.95. The van der Waals surface area contributed by atoms with Gasteiger partial charge in [0.15, 0.2) is 9.84 Å². The third-order valence-corrected chi connectivity index (χ3v) is 6.48. The Morgan fingerprint density at radius 1 is 1.30 bits per heavy atom. The summed E-state index contributed by atoms with van der Waals surface area (Å²) in [6, 6.07) is 8.14. The zero-order valence-electron chi connectivity index (χ0n) is 11.6. The Morgan fingerprint density at radius 2 is 1.95 bits per heavy atom. The Morgan fingerprint density at radius 3 is 2.45 bits per heavy atom. The van der Waals surface area contributed by atoms with Crippen molar-refractivity contribution in [3.8, 4) is 0 Å². The van der Waals surface area contributed by atoms with Crippen molar-refractivity contribution in [3.05, 3.63) is 34.9 Å². The van der Waals surface area contributed by atoms with Gasteiger partial charge in [-0.05, 0) is 49.8 Å². The van der Waals surface area contributed by atoms with Gasteiger partial charge in [-0.15, -0.1) is 0 Å². The molecule has 110 valence electrons. The van der Waals surface area contributed by atoms with Crippen molar-refractivity contribution in [2.75, 3.05) is 11.5 Å². The van der Waals surface area contributed by atoms with E-state index in [1.165, 1.54) is 18.4 Å². The van der Waals surface area contributed by atoms with Crippen molar-refractivity contribution in [1.82, 2.24) is 5.32 Å². The second-order valence-corrected chi connectivity index (χ2v) is 9.03. The quantitative estimate of drug-likeness (QED) is 0.929. The van der Waals surface area contributed by atoms with Crippen molar-refractivity contribution >= 4 is 21.4 Å². The van der Waals surface area contributed by atoms with Gasteiger partial charge >= 0.3 is 0 Å². The van der Waals surface area contributed by atoms with Gasteiger partial charge in [-0.2, -0.15) is 0 Å². The molecule has 2 unspecified atom stereocenters. The van der Waals surface area contributed by atoms with Crippen LogP contribution in [0.5, 0.6) is 0 Å². The van der Waals surface area contributed by atoms with Crippen molar-refractivity contribution in [3.63, 3.8) is 0 Å². The molecule has 1 aliphatic heterocycles. The van der Waals surface area contributed by atoms with Crippen molar-refractivity contribution < 1.29 is 8.42 Å². The Balaban J connectivity index is 1.80. The van der Waals surface area contributed by atoms with E-state index in [0.29, 0.717) is 18.1 Å². The summed E-state index contributed by atoms with van der Waals surface area (Å²) in [7, 11) is -2.88. The Labute approximate surface area is 125 Å². The summed E-state index contributed by atoms with van der Waals surface area (Å²) in [5.41, 5.74) is 0.911. The minimum absolute atomic E-state index is 0.241. The molecular weight excluding hydrogens is 294 g/mol. The maximum Gasteiger partial charge on any atom is 0.152 e.